The van der Waals surface area contributed by atoms with E-state index < -0.39 is 0 Å². The summed E-state index contributed by atoms with van der Waals surface area (Å²) in [7, 11) is 1.79. The molecule has 1 aliphatic heterocycles. The van der Waals surface area contributed by atoms with Crippen molar-refractivity contribution in [2.24, 2.45) is 0 Å². The van der Waals surface area contributed by atoms with Crippen LogP contribution in [0.5, 0.6) is 0 Å². The third kappa shape index (κ3) is 6.33. The SMILES string of the molecule is CNCC(=O)NC1CCN(CCOC(C)C)CC1. The first-order valence-electron chi connectivity index (χ1n) is 6.89. The van der Waals surface area contributed by atoms with Crippen LogP contribution in [0.4, 0.5) is 0 Å². The summed E-state index contributed by atoms with van der Waals surface area (Å²) < 4.78 is 5.55. The van der Waals surface area contributed by atoms with Gasteiger partial charge < -0.3 is 20.3 Å². The number of rotatable bonds is 7. The summed E-state index contributed by atoms with van der Waals surface area (Å²) in [6, 6.07) is 0.341. The van der Waals surface area contributed by atoms with Gasteiger partial charge in [0.15, 0.2) is 0 Å². The molecule has 5 nitrogen and oxygen atoms in total. The Morgan fingerprint density at radius 3 is 2.61 bits per heavy atom. The lowest BCUT2D eigenvalue weighted by molar-refractivity contribution is -0.121. The summed E-state index contributed by atoms with van der Waals surface area (Å²) in [5.41, 5.74) is 0. The zero-order valence-electron chi connectivity index (χ0n) is 11.9. The minimum Gasteiger partial charge on any atom is -0.377 e. The van der Waals surface area contributed by atoms with Crippen molar-refractivity contribution in [3.8, 4) is 0 Å². The molecule has 1 heterocycles. The number of ether oxygens (including phenoxy) is 1. The predicted octanol–water partition coefficient (Wildman–Crippen LogP) is 0.211. The van der Waals surface area contributed by atoms with Gasteiger partial charge in [0.25, 0.3) is 0 Å². The highest BCUT2D eigenvalue weighted by Gasteiger charge is 2.20. The summed E-state index contributed by atoms with van der Waals surface area (Å²) in [5.74, 6) is 0.0964. The van der Waals surface area contributed by atoms with Crippen LogP contribution in [0.25, 0.3) is 0 Å². The van der Waals surface area contributed by atoms with Crippen molar-refractivity contribution in [1.82, 2.24) is 15.5 Å². The number of carbonyl (C=O) groups is 1. The van der Waals surface area contributed by atoms with Gasteiger partial charge in [-0.15, -0.1) is 0 Å². The van der Waals surface area contributed by atoms with E-state index in [4.69, 9.17) is 4.74 Å². The molecule has 1 saturated heterocycles. The van der Waals surface area contributed by atoms with Crippen molar-refractivity contribution >= 4 is 5.91 Å². The number of likely N-dealkylation sites (tertiary alicyclic amines) is 1. The first-order valence-corrected chi connectivity index (χ1v) is 6.89. The fourth-order valence-corrected chi connectivity index (χ4v) is 2.16. The number of likely N-dealkylation sites (N-methyl/N-ethyl adjacent to an activating group) is 1. The average molecular weight is 257 g/mol. The molecule has 1 fully saturated rings. The van der Waals surface area contributed by atoms with Crippen LogP contribution in [0.3, 0.4) is 0 Å². The van der Waals surface area contributed by atoms with Crippen LogP contribution >= 0.6 is 0 Å². The maximum Gasteiger partial charge on any atom is 0.234 e. The van der Waals surface area contributed by atoms with E-state index in [-0.39, 0.29) is 5.91 Å². The first-order chi connectivity index (χ1) is 8.61. The van der Waals surface area contributed by atoms with Crippen LogP contribution in [0.2, 0.25) is 0 Å². The molecule has 18 heavy (non-hydrogen) atoms. The Kier molecular flexibility index (Phi) is 7.23. The summed E-state index contributed by atoms with van der Waals surface area (Å²) >= 11 is 0. The maximum absolute atomic E-state index is 11.4. The van der Waals surface area contributed by atoms with Crippen LogP contribution in [0, 0.1) is 0 Å². The largest absolute Gasteiger partial charge is 0.377 e. The number of amides is 1. The van der Waals surface area contributed by atoms with E-state index in [9.17, 15) is 4.79 Å². The van der Waals surface area contributed by atoms with Gasteiger partial charge in [0, 0.05) is 25.7 Å². The Labute approximate surface area is 110 Å². The second kappa shape index (κ2) is 8.45. The number of hydrogen-bond donors (Lipinski definition) is 2. The molecule has 0 atom stereocenters. The van der Waals surface area contributed by atoms with E-state index in [0.29, 0.717) is 18.7 Å². The molecular formula is C13H27N3O2. The van der Waals surface area contributed by atoms with Crippen molar-refractivity contribution in [1.29, 1.82) is 0 Å². The molecule has 0 aliphatic carbocycles. The Morgan fingerprint density at radius 2 is 2.06 bits per heavy atom. The van der Waals surface area contributed by atoms with Gasteiger partial charge >= 0.3 is 0 Å². The van der Waals surface area contributed by atoms with E-state index in [1.165, 1.54) is 0 Å². The average Bonchev–Trinajstić information content (AvgIpc) is 2.31. The highest BCUT2D eigenvalue weighted by atomic mass is 16.5. The van der Waals surface area contributed by atoms with Crippen LogP contribution in [0.15, 0.2) is 0 Å². The van der Waals surface area contributed by atoms with Crippen LogP contribution < -0.4 is 10.6 Å². The van der Waals surface area contributed by atoms with Crippen molar-refractivity contribution in [2.75, 3.05) is 39.8 Å². The van der Waals surface area contributed by atoms with E-state index in [1.807, 2.05) is 0 Å². The second-order valence-electron chi connectivity index (χ2n) is 5.13. The van der Waals surface area contributed by atoms with Gasteiger partial charge in [-0.05, 0) is 33.7 Å². The minimum atomic E-state index is 0.0964. The van der Waals surface area contributed by atoms with Gasteiger partial charge in [0.2, 0.25) is 5.91 Å². The summed E-state index contributed by atoms with van der Waals surface area (Å²) in [6.45, 7) is 8.41. The quantitative estimate of drug-likeness (QED) is 0.685. The van der Waals surface area contributed by atoms with Crippen molar-refractivity contribution in [2.45, 2.75) is 38.8 Å². The minimum absolute atomic E-state index is 0.0964. The Balaban J connectivity index is 2.10. The number of piperidine rings is 1. The smallest absolute Gasteiger partial charge is 0.234 e. The van der Waals surface area contributed by atoms with Crippen LogP contribution in [-0.2, 0) is 9.53 Å². The molecule has 0 aromatic heterocycles. The Morgan fingerprint density at radius 1 is 1.39 bits per heavy atom. The molecule has 1 amide bonds. The molecule has 0 unspecified atom stereocenters. The normalized spacial score (nSPS) is 18.2. The van der Waals surface area contributed by atoms with Gasteiger partial charge in [0.1, 0.15) is 0 Å². The molecule has 0 spiro atoms. The lowest BCUT2D eigenvalue weighted by Gasteiger charge is -2.32. The number of nitrogens with zero attached hydrogens (tertiary/aromatic N) is 1. The van der Waals surface area contributed by atoms with Crippen LogP contribution in [0.1, 0.15) is 26.7 Å². The number of hydrogen-bond acceptors (Lipinski definition) is 4. The van der Waals surface area contributed by atoms with E-state index in [1.54, 1.807) is 7.05 Å². The van der Waals surface area contributed by atoms with Gasteiger partial charge in [-0.1, -0.05) is 0 Å². The Hall–Kier alpha value is -0.650. The van der Waals surface area contributed by atoms with E-state index in [2.05, 4.69) is 29.4 Å². The third-order valence-electron chi connectivity index (χ3n) is 3.15. The van der Waals surface area contributed by atoms with Crippen molar-refractivity contribution in [3.05, 3.63) is 0 Å². The standard InChI is InChI=1S/C13H27N3O2/c1-11(2)18-9-8-16-6-4-12(5-7-16)15-13(17)10-14-3/h11-12,14H,4-10H2,1-3H3,(H,15,17). The maximum atomic E-state index is 11.4. The van der Waals surface area contributed by atoms with Gasteiger partial charge in [-0.3, -0.25) is 4.79 Å². The monoisotopic (exact) mass is 257 g/mol. The molecule has 0 radical (unpaired) electrons. The Bertz CT molecular complexity index is 238. The van der Waals surface area contributed by atoms with Gasteiger partial charge in [0.05, 0.1) is 19.3 Å². The highest BCUT2D eigenvalue weighted by Crippen LogP contribution is 2.09. The number of nitrogens with one attached hydrogen (secondary N) is 2. The fraction of sp³-hybridized carbons (Fsp3) is 0.923. The second-order valence-corrected chi connectivity index (χ2v) is 5.13. The van der Waals surface area contributed by atoms with Gasteiger partial charge in [-0.25, -0.2) is 0 Å². The lowest BCUT2D eigenvalue weighted by atomic mass is 10.1. The van der Waals surface area contributed by atoms with E-state index >= 15 is 0 Å². The predicted molar refractivity (Wildman–Crippen MR) is 72.6 cm³/mol. The summed E-state index contributed by atoms with van der Waals surface area (Å²) in [4.78, 5) is 13.8. The summed E-state index contributed by atoms with van der Waals surface area (Å²) in [6.07, 6.45) is 2.39. The highest BCUT2D eigenvalue weighted by molar-refractivity contribution is 5.78. The zero-order valence-corrected chi connectivity index (χ0v) is 11.9. The zero-order chi connectivity index (χ0) is 13.4. The third-order valence-corrected chi connectivity index (χ3v) is 3.15. The molecule has 5 heteroatoms. The number of carbonyl (C=O) groups excluding carboxylic acids is 1. The van der Waals surface area contributed by atoms with Gasteiger partial charge in [-0.2, -0.15) is 0 Å². The molecule has 0 bridgehead atoms. The molecule has 106 valence electrons. The summed E-state index contributed by atoms with van der Waals surface area (Å²) in [5, 5.41) is 5.92. The molecule has 1 aliphatic rings. The fourth-order valence-electron chi connectivity index (χ4n) is 2.16. The topological polar surface area (TPSA) is 53.6 Å². The van der Waals surface area contributed by atoms with Crippen molar-refractivity contribution < 1.29 is 9.53 Å². The van der Waals surface area contributed by atoms with Crippen LogP contribution in [-0.4, -0.2) is 62.8 Å². The van der Waals surface area contributed by atoms with Crippen molar-refractivity contribution in [3.63, 3.8) is 0 Å². The molecule has 0 saturated carbocycles. The molecule has 0 aromatic carbocycles. The molecule has 0 aromatic rings. The molecule has 1 rings (SSSR count). The van der Waals surface area contributed by atoms with E-state index in [0.717, 1.165) is 39.1 Å². The lowest BCUT2D eigenvalue weighted by Crippen LogP contribution is -2.47. The molecule has 2 N–H and O–H groups in total. The first kappa shape index (κ1) is 15.4. The molecular weight excluding hydrogens is 230 g/mol.